The Morgan fingerprint density at radius 1 is 0.721 bits per heavy atom. The summed E-state index contributed by atoms with van der Waals surface area (Å²) >= 11 is 0. The largest absolute Gasteiger partial charge is 0.674 e. The average molecular weight is 728 g/mol. The Bertz CT molecular complexity index is 1650. The van der Waals surface area contributed by atoms with Crippen molar-refractivity contribution in [3.05, 3.63) is 180 Å². The molecule has 1 heterocycles. The van der Waals surface area contributed by atoms with E-state index < -0.39 is 5.54 Å². The van der Waals surface area contributed by atoms with Crippen molar-refractivity contribution < 1.29 is 25.8 Å². The number of benzene rings is 5. The zero-order chi connectivity index (χ0) is 30.1. The molecule has 218 valence electrons. The predicted octanol–water partition coefficient (Wildman–Crippen LogP) is 10.4. The van der Waals surface area contributed by atoms with Crippen molar-refractivity contribution in [2.75, 3.05) is 0 Å². The summed E-state index contributed by atoms with van der Waals surface area (Å²) in [6.07, 6.45) is 2.00. The Labute approximate surface area is 276 Å². The molecular formula is C39H39HfN3-4. The van der Waals surface area contributed by atoms with Crippen LogP contribution in [-0.2, 0) is 31.4 Å². The van der Waals surface area contributed by atoms with E-state index in [1.165, 1.54) is 22.1 Å². The molecule has 0 aliphatic rings. The monoisotopic (exact) mass is 729 g/mol. The molecule has 0 N–H and O–H groups in total. The van der Waals surface area contributed by atoms with Crippen LogP contribution < -0.4 is 0 Å². The molecule has 0 aliphatic heterocycles. The molecule has 6 aromatic rings. The third-order valence-electron chi connectivity index (χ3n) is 6.86. The summed E-state index contributed by atoms with van der Waals surface area (Å²) < 4.78 is 1.91. The summed E-state index contributed by atoms with van der Waals surface area (Å²) in [6, 6.07) is 41.9. The standard InChI is InChI=1S/C25H25N3.2C7H7.Hf/c1-17-15-18(2)24(19(3)16-17)26-25(4,5)23-13-14-28(27-23)22-12-8-10-20-9-6-7-11-21(20)22;2*1-7-5-3-2-4-6-7;/h6-11,13-16H,1-5H3;2*2-6H,1H2;/q-2;2*-1;. The fourth-order valence-corrected chi connectivity index (χ4v) is 4.75. The van der Waals surface area contributed by atoms with Crippen molar-refractivity contribution >= 4 is 16.5 Å². The van der Waals surface area contributed by atoms with Crippen LogP contribution in [0, 0.1) is 40.7 Å². The van der Waals surface area contributed by atoms with E-state index in [4.69, 9.17) is 10.4 Å². The Kier molecular flexibility index (Phi) is 12.0. The molecule has 0 amide bonds. The van der Waals surface area contributed by atoms with Gasteiger partial charge in [-0.3, -0.25) is 4.68 Å². The molecule has 0 unspecified atom stereocenters. The summed E-state index contributed by atoms with van der Waals surface area (Å²) in [7, 11) is 0. The van der Waals surface area contributed by atoms with Crippen LogP contribution in [0.4, 0.5) is 5.69 Å². The second-order valence-electron chi connectivity index (χ2n) is 10.9. The van der Waals surface area contributed by atoms with E-state index in [0.29, 0.717) is 0 Å². The minimum atomic E-state index is -0.430. The number of rotatable bonds is 4. The molecule has 3 nitrogen and oxygen atoms in total. The number of fused-ring (bicyclic) bond motifs is 1. The van der Waals surface area contributed by atoms with Crippen LogP contribution in [-0.4, -0.2) is 9.78 Å². The molecule has 0 saturated carbocycles. The zero-order valence-electron chi connectivity index (χ0n) is 25.8. The number of nitrogens with zero attached hydrogens (tertiary/aromatic N) is 3. The first-order valence-electron chi connectivity index (χ1n) is 14.1. The summed E-state index contributed by atoms with van der Waals surface area (Å²) in [5, 5.41) is 12.3. The fraction of sp³-hybridized carbons (Fsp3) is 0.154. The Morgan fingerprint density at radius 2 is 1.26 bits per heavy atom. The first-order valence-corrected chi connectivity index (χ1v) is 14.1. The van der Waals surface area contributed by atoms with E-state index in [2.05, 4.69) is 97.0 Å². The van der Waals surface area contributed by atoms with Gasteiger partial charge in [0, 0.05) is 32.0 Å². The van der Waals surface area contributed by atoms with Crippen LogP contribution in [0.5, 0.6) is 0 Å². The molecule has 0 spiro atoms. The molecule has 0 fully saturated rings. The number of aromatic nitrogens is 2. The summed E-state index contributed by atoms with van der Waals surface area (Å²) in [4.78, 5) is 0. The Hall–Kier alpha value is -4.02. The minimum Gasteiger partial charge on any atom is -0.674 e. The maximum Gasteiger partial charge on any atom is 0.0509 e. The summed E-state index contributed by atoms with van der Waals surface area (Å²) in [5.41, 5.74) is 8.34. The first-order chi connectivity index (χ1) is 20.1. The van der Waals surface area contributed by atoms with Gasteiger partial charge >= 0.3 is 0 Å². The second-order valence-corrected chi connectivity index (χ2v) is 10.9. The molecule has 0 radical (unpaired) electrons. The van der Waals surface area contributed by atoms with Gasteiger partial charge < -0.3 is 5.32 Å². The van der Waals surface area contributed by atoms with Gasteiger partial charge in [-0.15, -0.1) is 46.8 Å². The van der Waals surface area contributed by atoms with Gasteiger partial charge in [0.2, 0.25) is 0 Å². The van der Waals surface area contributed by atoms with E-state index in [9.17, 15) is 0 Å². The van der Waals surface area contributed by atoms with Gasteiger partial charge in [-0.05, 0) is 32.5 Å². The second kappa shape index (κ2) is 15.5. The quantitative estimate of drug-likeness (QED) is 0.131. The molecule has 43 heavy (non-hydrogen) atoms. The molecular weight excluding hydrogens is 689 g/mol. The Morgan fingerprint density at radius 3 is 1.79 bits per heavy atom. The third kappa shape index (κ3) is 9.23. The van der Waals surface area contributed by atoms with Crippen LogP contribution in [0.2, 0.25) is 0 Å². The van der Waals surface area contributed by atoms with Crippen molar-refractivity contribution in [1.29, 1.82) is 0 Å². The van der Waals surface area contributed by atoms with Gasteiger partial charge in [0.1, 0.15) is 0 Å². The Balaban J connectivity index is 0.000000276. The molecule has 1 aromatic heterocycles. The summed E-state index contributed by atoms with van der Waals surface area (Å²) in [5.74, 6) is 0. The minimum absolute atomic E-state index is 0. The van der Waals surface area contributed by atoms with Crippen molar-refractivity contribution in [3.8, 4) is 5.69 Å². The van der Waals surface area contributed by atoms with Crippen LogP contribution in [0.25, 0.3) is 21.8 Å². The van der Waals surface area contributed by atoms with E-state index in [1.54, 1.807) is 0 Å². The maximum atomic E-state index is 5.08. The zero-order valence-corrected chi connectivity index (χ0v) is 29.4. The molecule has 0 atom stereocenters. The molecule has 0 bridgehead atoms. The number of hydrogen-bond acceptors (Lipinski definition) is 1. The van der Waals surface area contributed by atoms with Crippen LogP contribution in [0.1, 0.15) is 47.4 Å². The molecule has 0 saturated heterocycles. The van der Waals surface area contributed by atoms with Crippen LogP contribution >= 0.6 is 0 Å². The van der Waals surface area contributed by atoms with Crippen LogP contribution in [0.15, 0.2) is 121 Å². The summed E-state index contributed by atoms with van der Waals surface area (Å²) in [6.45, 7) is 18.0. The van der Waals surface area contributed by atoms with Gasteiger partial charge in [-0.1, -0.05) is 78.5 Å². The third-order valence-corrected chi connectivity index (χ3v) is 6.86. The van der Waals surface area contributed by atoms with Gasteiger partial charge in [-0.25, -0.2) is 0 Å². The average Bonchev–Trinajstić information content (AvgIpc) is 3.48. The number of hydrogen-bond donors (Lipinski definition) is 0. The van der Waals surface area contributed by atoms with Gasteiger partial charge in [0.15, 0.2) is 0 Å². The molecule has 4 heteroatoms. The topological polar surface area (TPSA) is 31.9 Å². The molecule has 5 aromatic carbocycles. The first kappa shape index (κ1) is 33.5. The van der Waals surface area contributed by atoms with Gasteiger partial charge in [0.05, 0.1) is 5.69 Å². The molecule has 6 rings (SSSR count). The predicted molar refractivity (Wildman–Crippen MR) is 178 cm³/mol. The number of aryl methyl sites for hydroxylation is 3. The van der Waals surface area contributed by atoms with Crippen molar-refractivity contribution in [3.63, 3.8) is 0 Å². The van der Waals surface area contributed by atoms with E-state index in [-0.39, 0.29) is 25.8 Å². The fourth-order valence-electron chi connectivity index (χ4n) is 4.75. The van der Waals surface area contributed by atoms with E-state index in [1.807, 2.05) is 83.7 Å². The smallest absolute Gasteiger partial charge is 0.0509 e. The van der Waals surface area contributed by atoms with Crippen LogP contribution in [0.3, 0.4) is 0 Å². The van der Waals surface area contributed by atoms with E-state index >= 15 is 0 Å². The van der Waals surface area contributed by atoms with E-state index in [0.717, 1.165) is 33.6 Å². The van der Waals surface area contributed by atoms with Gasteiger partial charge in [-0.2, -0.15) is 72.5 Å². The SMILES string of the molecule is Cc1cc(C)c([N-]C(C)(C)c2ccn(-c3[c-]ccc4ccccc34)n2)c(C)c1.[CH2-]c1ccccc1.[CH2-]c1ccccc1.[Hf]. The van der Waals surface area contributed by atoms with Crippen molar-refractivity contribution in [2.24, 2.45) is 0 Å². The maximum absolute atomic E-state index is 5.08. The van der Waals surface area contributed by atoms with Crippen molar-refractivity contribution in [2.45, 2.75) is 40.2 Å². The van der Waals surface area contributed by atoms with Crippen molar-refractivity contribution in [1.82, 2.24) is 9.78 Å². The van der Waals surface area contributed by atoms with Gasteiger partial charge in [0.25, 0.3) is 0 Å². The molecule has 0 aliphatic carbocycles. The normalized spacial score (nSPS) is 10.4.